The molecule has 0 saturated heterocycles. The van der Waals surface area contributed by atoms with Crippen LogP contribution in [-0.2, 0) is 16.6 Å². The van der Waals surface area contributed by atoms with E-state index in [1.165, 1.54) is 4.31 Å². The number of hydrogen-bond donors (Lipinski definition) is 1. The van der Waals surface area contributed by atoms with Crippen LogP contribution in [0.3, 0.4) is 0 Å². The summed E-state index contributed by atoms with van der Waals surface area (Å²) in [6.45, 7) is 5.96. The highest BCUT2D eigenvalue weighted by molar-refractivity contribution is 7.92. The fraction of sp³-hybridized carbons (Fsp3) is 0.333. The second-order valence-electron chi connectivity index (χ2n) is 6.11. The highest BCUT2D eigenvalue weighted by atomic mass is 32.2. The molecule has 0 atom stereocenters. The molecule has 0 aliphatic carbocycles. The number of fused-ring (bicyclic) bond motifs is 1. The Labute approximate surface area is 138 Å². The number of para-hydroxylation sites is 1. The first-order valence-electron chi connectivity index (χ1n) is 7.91. The Morgan fingerprint density at radius 3 is 2.43 bits per heavy atom. The molecule has 0 amide bonds. The zero-order valence-electron chi connectivity index (χ0n) is 13.5. The molecule has 0 bridgehead atoms. The molecular formula is C18H22N2O2S. The molecule has 5 heteroatoms. The van der Waals surface area contributed by atoms with Gasteiger partial charge in [0.1, 0.15) is 0 Å². The van der Waals surface area contributed by atoms with Crippen LogP contribution in [0.25, 0.3) is 0 Å². The van der Waals surface area contributed by atoms with Crippen molar-refractivity contribution in [1.82, 2.24) is 5.32 Å². The van der Waals surface area contributed by atoms with Gasteiger partial charge in [-0.3, -0.25) is 4.31 Å². The first-order chi connectivity index (χ1) is 11.0. The first kappa shape index (κ1) is 16.0. The van der Waals surface area contributed by atoms with E-state index in [4.69, 9.17) is 0 Å². The number of sulfonamides is 1. The van der Waals surface area contributed by atoms with E-state index in [-0.39, 0.29) is 0 Å². The molecule has 0 saturated carbocycles. The third-order valence-electron chi connectivity index (χ3n) is 4.20. The van der Waals surface area contributed by atoms with Gasteiger partial charge >= 0.3 is 0 Å². The molecule has 23 heavy (non-hydrogen) atoms. The normalized spacial score (nSPS) is 15.3. The van der Waals surface area contributed by atoms with Crippen molar-refractivity contribution in [2.45, 2.75) is 31.2 Å². The van der Waals surface area contributed by atoms with E-state index in [9.17, 15) is 8.42 Å². The Kier molecular flexibility index (Phi) is 4.41. The van der Waals surface area contributed by atoms with Gasteiger partial charge in [-0.05, 0) is 35.2 Å². The fourth-order valence-electron chi connectivity index (χ4n) is 2.83. The maximum absolute atomic E-state index is 13.1. The van der Waals surface area contributed by atoms with Gasteiger partial charge in [-0.15, -0.1) is 0 Å². The van der Waals surface area contributed by atoms with Gasteiger partial charge in [0, 0.05) is 19.6 Å². The van der Waals surface area contributed by atoms with Crippen LogP contribution in [0.2, 0.25) is 0 Å². The fourth-order valence-corrected chi connectivity index (χ4v) is 4.33. The summed E-state index contributed by atoms with van der Waals surface area (Å²) in [5, 5.41) is 3.27. The lowest BCUT2D eigenvalue weighted by Crippen LogP contribution is -2.34. The van der Waals surface area contributed by atoms with Crippen molar-refractivity contribution in [3.8, 4) is 0 Å². The van der Waals surface area contributed by atoms with Crippen LogP contribution in [0.4, 0.5) is 5.69 Å². The number of nitrogens with zero attached hydrogens (tertiary/aromatic N) is 1. The second-order valence-corrected chi connectivity index (χ2v) is 7.97. The van der Waals surface area contributed by atoms with Crippen LogP contribution < -0.4 is 9.62 Å². The van der Waals surface area contributed by atoms with E-state index in [1.807, 2.05) is 36.4 Å². The third kappa shape index (κ3) is 3.12. The number of anilines is 1. The van der Waals surface area contributed by atoms with Crippen molar-refractivity contribution in [3.05, 3.63) is 59.7 Å². The highest BCUT2D eigenvalue weighted by Gasteiger charge is 2.27. The molecule has 0 fully saturated rings. The highest BCUT2D eigenvalue weighted by Crippen LogP contribution is 2.28. The molecule has 1 heterocycles. The summed E-state index contributed by atoms with van der Waals surface area (Å²) in [6.07, 6.45) is 0. The van der Waals surface area contributed by atoms with Crippen LogP contribution in [0.5, 0.6) is 0 Å². The van der Waals surface area contributed by atoms with Crippen LogP contribution in [0, 0.1) is 0 Å². The van der Waals surface area contributed by atoms with Gasteiger partial charge in [0.05, 0.1) is 10.6 Å². The number of rotatable bonds is 3. The molecule has 1 aliphatic heterocycles. The van der Waals surface area contributed by atoms with Crippen LogP contribution in [-0.4, -0.2) is 21.5 Å². The van der Waals surface area contributed by atoms with Gasteiger partial charge in [-0.25, -0.2) is 8.42 Å². The average molecular weight is 330 g/mol. The molecule has 3 rings (SSSR count). The molecule has 0 unspecified atom stereocenters. The van der Waals surface area contributed by atoms with Crippen molar-refractivity contribution in [2.24, 2.45) is 0 Å². The van der Waals surface area contributed by atoms with Gasteiger partial charge in [-0.1, -0.05) is 44.2 Å². The monoisotopic (exact) mass is 330 g/mol. The SMILES string of the molecule is CC(C)c1ccc(S(=O)(=O)N2CCNCc3ccccc32)cc1. The zero-order chi connectivity index (χ0) is 16.4. The molecule has 122 valence electrons. The Bertz CT molecular complexity index is 783. The lowest BCUT2D eigenvalue weighted by atomic mass is 10.0. The quantitative estimate of drug-likeness (QED) is 0.941. The van der Waals surface area contributed by atoms with Gasteiger partial charge in [0.2, 0.25) is 0 Å². The first-order valence-corrected chi connectivity index (χ1v) is 9.35. The van der Waals surface area contributed by atoms with E-state index < -0.39 is 10.0 Å². The summed E-state index contributed by atoms with van der Waals surface area (Å²) < 4.78 is 27.7. The molecule has 1 aliphatic rings. The number of hydrogen-bond acceptors (Lipinski definition) is 3. The lowest BCUT2D eigenvalue weighted by molar-refractivity contribution is 0.589. The standard InChI is InChI=1S/C18H22N2O2S/c1-14(2)15-7-9-17(10-8-15)23(21,22)20-12-11-19-13-16-5-3-4-6-18(16)20/h3-10,14,19H,11-13H2,1-2H3. The van der Waals surface area contributed by atoms with Crippen molar-refractivity contribution < 1.29 is 8.42 Å². The minimum atomic E-state index is -3.55. The van der Waals surface area contributed by atoms with Gasteiger partial charge in [0.15, 0.2) is 0 Å². The van der Waals surface area contributed by atoms with Crippen LogP contribution in [0.15, 0.2) is 53.4 Å². The average Bonchev–Trinajstić information content (AvgIpc) is 2.77. The van der Waals surface area contributed by atoms with E-state index in [1.54, 1.807) is 12.1 Å². The van der Waals surface area contributed by atoms with Crippen LogP contribution in [0.1, 0.15) is 30.9 Å². The maximum atomic E-state index is 13.1. The van der Waals surface area contributed by atoms with E-state index >= 15 is 0 Å². The van der Waals surface area contributed by atoms with Crippen molar-refractivity contribution in [1.29, 1.82) is 0 Å². The minimum absolute atomic E-state index is 0.346. The molecular weight excluding hydrogens is 308 g/mol. The van der Waals surface area contributed by atoms with Crippen LogP contribution >= 0.6 is 0 Å². The molecule has 0 radical (unpaired) electrons. The summed E-state index contributed by atoms with van der Waals surface area (Å²) in [6, 6.07) is 14.9. The molecule has 0 spiro atoms. The molecule has 4 nitrogen and oxygen atoms in total. The molecule has 2 aromatic carbocycles. The van der Waals surface area contributed by atoms with Crippen molar-refractivity contribution in [3.63, 3.8) is 0 Å². The maximum Gasteiger partial charge on any atom is 0.264 e. The molecule has 2 aromatic rings. The summed E-state index contributed by atoms with van der Waals surface area (Å²) in [4.78, 5) is 0.346. The van der Waals surface area contributed by atoms with Gasteiger partial charge in [-0.2, -0.15) is 0 Å². The second kappa shape index (κ2) is 6.34. The van der Waals surface area contributed by atoms with Gasteiger partial charge in [0.25, 0.3) is 10.0 Å². The van der Waals surface area contributed by atoms with E-state index in [0.29, 0.717) is 30.4 Å². The van der Waals surface area contributed by atoms with E-state index in [2.05, 4.69) is 19.2 Å². The molecule has 1 N–H and O–H groups in total. The molecule has 0 aromatic heterocycles. The van der Waals surface area contributed by atoms with E-state index in [0.717, 1.165) is 16.8 Å². The Morgan fingerprint density at radius 2 is 1.74 bits per heavy atom. The Morgan fingerprint density at radius 1 is 1.04 bits per heavy atom. The summed E-state index contributed by atoms with van der Waals surface area (Å²) in [5.41, 5.74) is 2.92. The number of nitrogens with one attached hydrogen (secondary N) is 1. The summed E-state index contributed by atoms with van der Waals surface area (Å²) in [5.74, 6) is 0.384. The topological polar surface area (TPSA) is 49.4 Å². The summed E-state index contributed by atoms with van der Waals surface area (Å²) in [7, 11) is -3.55. The minimum Gasteiger partial charge on any atom is -0.311 e. The predicted octanol–water partition coefficient (Wildman–Crippen LogP) is 3.11. The van der Waals surface area contributed by atoms with Crippen molar-refractivity contribution in [2.75, 3.05) is 17.4 Å². The number of benzene rings is 2. The zero-order valence-corrected chi connectivity index (χ0v) is 14.3. The lowest BCUT2D eigenvalue weighted by Gasteiger charge is -2.24. The third-order valence-corrected chi connectivity index (χ3v) is 6.03. The summed E-state index contributed by atoms with van der Waals surface area (Å²) >= 11 is 0. The van der Waals surface area contributed by atoms with Crippen molar-refractivity contribution >= 4 is 15.7 Å². The Balaban J connectivity index is 2.02. The largest absolute Gasteiger partial charge is 0.311 e. The Hall–Kier alpha value is -1.85. The predicted molar refractivity (Wildman–Crippen MR) is 93.2 cm³/mol. The smallest absolute Gasteiger partial charge is 0.264 e. The van der Waals surface area contributed by atoms with Gasteiger partial charge < -0.3 is 5.32 Å².